The smallest absolute Gasteiger partial charge is 0.329 e. The van der Waals surface area contributed by atoms with Gasteiger partial charge in [-0.15, -0.1) is 0 Å². The van der Waals surface area contributed by atoms with Gasteiger partial charge in [-0.3, -0.25) is 10.1 Å². The Morgan fingerprint density at radius 3 is 2.43 bits per heavy atom. The number of halogens is 3. The number of nitrogens with zero attached hydrogens (tertiary/aromatic N) is 3. The fourth-order valence-electron chi connectivity index (χ4n) is 1.48. The summed E-state index contributed by atoms with van der Waals surface area (Å²) in [7, 11) is 0. The standard InChI is InChI=1S/C12H8F3N3O3/c1-7(18(19)20)6-8-2-4-9(5-3-8)10-16-11(21-17-10)12(13,14)15/h2-6H,1H3/b7-6+. The lowest BCUT2D eigenvalue weighted by Crippen LogP contribution is -2.04. The molecule has 1 aromatic heterocycles. The van der Waals surface area contributed by atoms with Gasteiger partial charge in [0, 0.05) is 18.6 Å². The number of hydrogen-bond acceptors (Lipinski definition) is 5. The van der Waals surface area contributed by atoms with Crippen LogP contribution in [0.25, 0.3) is 17.5 Å². The molecular weight excluding hydrogens is 291 g/mol. The van der Waals surface area contributed by atoms with Crippen molar-refractivity contribution in [1.82, 2.24) is 10.1 Å². The first-order chi connectivity index (χ1) is 9.77. The second-order valence-corrected chi connectivity index (χ2v) is 4.09. The summed E-state index contributed by atoms with van der Waals surface area (Å²) in [6, 6.07) is 5.91. The van der Waals surface area contributed by atoms with Crippen LogP contribution in [0.1, 0.15) is 18.4 Å². The molecule has 0 spiro atoms. The van der Waals surface area contributed by atoms with Crippen molar-refractivity contribution in [2.24, 2.45) is 0 Å². The molecule has 9 heteroatoms. The van der Waals surface area contributed by atoms with Crippen molar-refractivity contribution in [1.29, 1.82) is 0 Å². The van der Waals surface area contributed by atoms with E-state index in [0.29, 0.717) is 11.1 Å². The van der Waals surface area contributed by atoms with E-state index in [1.165, 1.54) is 37.3 Å². The first-order valence-electron chi connectivity index (χ1n) is 5.61. The molecule has 0 saturated carbocycles. The largest absolute Gasteiger partial charge is 0.471 e. The van der Waals surface area contributed by atoms with E-state index in [1.54, 1.807) is 0 Å². The van der Waals surface area contributed by atoms with E-state index in [-0.39, 0.29) is 11.5 Å². The van der Waals surface area contributed by atoms with Crippen LogP contribution in [-0.2, 0) is 6.18 Å². The molecule has 0 unspecified atom stereocenters. The van der Waals surface area contributed by atoms with E-state index in [1.807, 2.05) is 0 Å². The van der Waals surface area contributed by atoms with Gasteiger partial charge in [0.2, 0.25) is 11.5 Å². The molecule has 0 N–H and O–H groups in total. The SMILES string of the molecule is C/C(=C\c1ccc(-c2noc(C(F)(F)F)n2)cc1)[N+](=O)[O-]. The van der Waals surface area contributed by atoms with E-state index in [2.05, 4.69) is 14.7 Å². The molecule has 0 aliphatic heterocycles. The molecule has 2 aromatic rings. The number of alkyl halides is 3. The number of nitro groups is 1. The summed E-state index contributed by atoms with van der Waals surface area (Å²) in [5.41, 5.74) is 0.791. The summed E-state index contributed by atoms with van der Waals surface area (Å²) in [5.74, 6) is -1.63. The Bertz CT molecular complexity index is 690. The summed E-state index contributed by atoms with van der Waals surface area (Å²) in [4.78, 5) is 13.2. The van der Waals surface area contributed by atoms with Gasteiger partial charge < -0.3 is 4.52 Å². The molecule has 0 bridgehead atoms. The monoisotopic (exact) mass is 299 g/mol. The van der Waals surface area contributed by atoms with Gasteiger partial charge in [0.05, 0.1) is 4.92 Å². The highest BCUT2D eigenvalue weighted by Gasteiger charge is 2.38. The molecule has 6 nitrogen and oxygen atoms in total. The summed E-state index contributed by atoms with van der Waals surface area (Å²) in [5, 5.41) is 13.7. The summed E-state index contributed by atoms with van der Waals surface area (Å²) in [6.45, 7) is 1.34. The number of allylic oxidation sites excluding steroid dienone is 1. The average Bonchev–Trinajstić information content (AvgIpc) is 2.89. The van der Waals surface area contributed by atoms with Crippen molar-refractivity contribution in [3.8, 4) is 11.4 Å². The zero-order valence-electron chi connectivity index (χ0n) is 10.6. The maximum absolute atomic E-state index is 12.3. The van der Waals surface area contributed by atoms with Crippen LogP contribution >= 0.6 is 0 Å². The Balaban J connectivity index is 2.25. The van der Waals surface area contributed by atoms with Crippen molar-refractivity contribution in [2.75, 3.05) is 0 Å². The minimum atomic E-state index is -4.70. The Hall–Kier alpha value is -2.71. The third-order valence-electron chi connectivity index (χ3n) is 2.50. The highest BCUT2D eigenvalue weighted by atomic mass is 19.4. The third kappa shape index (κ3) is 3.44. The van der Waals surface area contributed by atoms with Crippen LogP contribution in [0.5, 0.6) is 0 Å². The fraction of sp³-hybridized carbons (Fsp3) is 0.167. The van der Waals surface area contributed by atoms with Gasteiger partial charge in [0.25, 0.3) is 0 Å². The van der Waals surface area contributed by atoms with Crippen molar-refractivity contribution >= 4 is 6.08 Å². The average molecular weight is 299 g/mol. The Labute approximate surface area is 116 Å². The Kier molecular flexibility index (Phi) is 3.74. The van der Waals surface area contributed by atoms with Gasteiger partial charge in [-0.05, 0) is 5.56 Å². The van der Waals surface area contributed by atoms with E-state index in [4.69, 9.17) is 0 Å². The predicted molar refractivity (Wildman–Crippen MR) is 65.4 cm³/mol. The maximum atomic E-state index is 12.3. The number of hydrogen-bond donors (Lipinski definition) is 0. The fourth-order valence-corrected chi connectivity index (χ4v) is 1.48. The topological polar surface area (TPSA) is 82.1 Å². The van der Waals surface area contributed by atoms with Crippen molar-refractivity contribution in [3.63, 3.8) is 0 Å². The van der Waals surface area contributed by atoms with Crippen LogP contribution in [-0.4, -0.2) is 15.1 Å². The second-order valence-electron chi connectivity index (χ2n) is 4.09. The number of benzene rings is 1. The van der Waals surface area contributed by atoms with Gasteiger partial charge in [0.1, 0.15) is 0 Å². The van der Waals surface area contributed by atoms with Gasteiger partial charge in [-0.25, -0.2) is 0 Å². The first kappa shape index (κ1) is 14.7. The molecule has 110 valence electrons. The van der Waals surface area contributed by atoms with Crippen LogP contribution < -0.4 is 0 Å². The molecule has 0 aliphatic carbocycles. The van der Waals surface area contributed by atoms with E-state index >= 15 is 0 Å². The zero-order chi connectivity index (χ0) is 15.6. The molecular formula is C12H8F3N3O3. The van der Waals surface area contributed by atoms with E-state index in [0.717, 1.165) is 0 Å². The minimum absolute atomic E-state index is 0.0540. The predicted octanol–water partition coefficient (Wildman–Crippen LogP) is 3.39. The number of rotatable bonds is 3. The molecule has 0 amide bonds. The summed E-state index contributed by atoms with van der Waals surface area (Å²) in [6.07, 6.45) is -3.36. The highest BCUT2D eigenvalue weighted by molar-refractivity contribution is 5.59. The molecule has 0 fully saturated rings. The molecule has 1 aromatic carbocycles. The highest BCUT2D eigenvalue weighted by Crippen LogP contribution is 2.29. The molecule has 0 atom stereocenters. The zero-order valence-corrected chi connectivity index (χ0v) is 10.6. The maximum Gasteiger partial charge on any atom is 0.471 e. The Morgan fingerprint density at radius 1 is 1.33 bits per heavy atom. The van der Waals surface area contributed by atoms with Crippen LogP contribution in [0.4, 0.5) is 13.2 Å². The second kappa shape index (κ2) is 5.35. The Morgan fingerprint density at radius 2 is 1.95 bits per heavy atom. The van der Waals surface area contributed by atoms with Crippen LogP contribution in [0.15, 0.2) is 34.5 Å². The lowest BCUT2D eigenvalue weighted by atomic mass is 10.1. The minimum Gasteiger partial charge on any atom is -0.329 e. The van der Waals surface area contributed by atoms with Gasteiger partial charge in [-0.1, -0.05) is 29.4 Å². The van der Waals surface area contributed by atoms with Crippen LogP contribution in [0, 0.1) is 10.1 Å². The molecule has 1 heterocycles. The van der Waals surface area contributed by atoms with Crippen molar-refractivity contribution < 1.29 is 22.6 Å². The molecule has 21 heavy (non-hydrogen) atoms. The van der Waals surface area contributed by atoms with Gasteiger partial charge in [-0.2, -0.15) is 18.2 Å². The molecule has 0 aliphatic rings. The molecule has 0 radical (unpaired) electrons. The summed E-state index contributed by atoms with van der Waals surface area (Å²) >= 11 is 0. The molecule has 0 saturated heterocycles. The normalized spacial score (nSPS) is 12.5. The quantitative estimate of drug-likeness (QED) is 0.641. The number of aromatic nitrogens is 2. The van der Waals surface area contributed by atoms with Gasteiger partial charge in [0.15, 0.2) is 0 Å². The van der Waals surface area contributed by atoms with Crippen molar-refractivity contribution in [2.45, 2.75) is 13.1 Å². The van der Waals surface area contributed by atoms with Crippen LogP contribution in [0.3, 0.4) is 0 Å². The van der Waals surface area contributed by atoms with E-state index in [9.17, 15) is 23.3 Å². The lowest BCUT2D eigenvalue weighted by molar-refractivity contribution is -0.422. The summed E-state index contributed by atoms with van der Waals surface area (Å²) < 4.78 is 41.1. The molecule has 2 rings (SSSR count). The first-order valence-corrected chi connectivity index (χ1v) is 5.61. The van der Waals surface area contributed by atoms with Crippen LogP contribution in [0.2, 0.25) is 0 Å². The lowest BCUT2D eigenvalue weighted by Gasteiger charge is -1.97. The third-order valence-corrected chi connectivity index (χ3v) is 2.50. The van der Waals surface area contributed by atoms with Gasteiger partial charge >= 0.3 is 12.1 Å². The van der Waals surface area contributed by atoms with E-state index < -0.39 is 17.0 Å². The van der Waals surface area contributed by atoms with Crippen molar-refractivity contribution in [3.05, 3.63) is 51.5 Å².